The van der Waals surface area contributed by atoms with E-state index in [9.17, 15) is 9.90 Å². The molecule has 1 amide bonds. The summed E-state index contributed by atoms with van der Waals surface area (Å²) in [6.07, 6.45) is 1.23. The van der Waals surface area contributed by atoms with Gasteiger partial charge in [-0.2, -0.15) is 29.8 Å². The number of amides is 1. The van der Waals surface area contributed by atoms with Gasteiger partial charge in [0.1, 0.15) is 11.3 Å². The third kappa shape index (κ3) is 2.45. The molecule has 103 valence electrons. The topological polar surface area (TPSA) is 58.6 Å². The van der Waals surface area contributed by atoms with E-state index in [4.69, 9.17) is 4.74 Å². The maximum Gasteiger partial charge on any atom is 0.254 e. The van der Waals surface area contributed by atoms with E-state index in [1.165, 1.54) is 0 Å². The third-order valence-corrected chi connectivity index (χ3v) is 3.96. The first-order valence-corrected chi connectivity index (χ1v) is 6.45. The number of aliphatic hydroxyl groups excluding tert-OH is 1. The Morgan fingerprint density at radius 2 is 2.10 bits per heavy atom. The summed E-state index contributed by atoms with van der Waals surface area (Å²) < 4.78 is 5.31. The number of rotatable bonds is 1. The van der Waals surface area contributed by atoms with E-state index in [-0.39, 0.29) is 44.4 Å². The minimum absolute atomic E-state index is 0. The molecule has 1 aromatic carbocycles. The molecule has 0 bridgehead atoms. The average Bonchev–Trinajstić information content (AvgIpc) is 2.63. The van der Waals surface area contributed by atoms with Crippen LogP contribution < -0.4 is 5.32 Å². The molecule has 2 N–H and O–H groups in total. The summed E-state index contributed by atoms with van der Waals surface area (Å²) in [5.74, 6) is -0.0381. The van der Waals surface area contributed by atoms with Crippen LogP contribution in [0.1, 0.15) is 24.0 Å². The molecule has 2 aliphatic rings. The Hall–Kier alpha value is -0.706. The fourth-order valence-electron chi connectivity index (χ4n) is 2.81. The zero-order chi connectivity index (χ0) is 13.5. The molecule has 0 aliphatic carbocycles. The number of carbonyl (C=O) groups excluding carboxylic acids is 1. The van der Waals surface area contributed by atoms with Crippen LogP contribution in [0, 0.1) is 13.0 Å². The fourth-order valence-corrected chi connectivity index (χ4v) is 2.81. The van der Waals surface area contributed by atoms with Crippen molar-refractivity contribution in [3.05, 3.63) is 41.2 Å². The van der Waals surface area contributed by atoms with Crippen LogP contribution in [-0.2, 0) is 42.2 Å². The maximum absolute atomic E-state index is 12.2. The minimum atomic E-state index is -0.628. The molecule has 0 unspecified atom stereocenters. The molecule has 2 aliphatic heterocycles. The van der Waals surface area contributed by atoms with E-state index in [2.05, 4.69) is 11.4 Å². The van der Waals surface area contributed by atoms with Gasteiger partial charge in [0.05, 0.1) is 5.57 Å². The van der Waals surface area contributed by atoms with Crippen molar-refractivity contribution < 1.29 is 47.3 Å². The number of nitrogens with one attached hydrogen (secondary N) is 1. The molecule has 2 heterocycles. The summed E-state index contributed by atoms with van der Waals surface area (Å²) in [6.45, 7) is 3.02. The summed E-state index contributed by atoms with van der Waals surface area (Å²) in [6, 6.07) is 8.36. The molecule has 3 rings (SSSR count). The predicted molar refractivity (Wildman–Crippen MR) is 70.5 cm³/mol. The van der Waals surface area contributed by atoms with Crippen molar-refractivity contribution >= 4 is 11.5 Å². The summed E-state index contributed by atoms with van der Waals surface area (Å²) in [5, 5.41) is 13.5. The minimum Gasteiger partial charge on any atom is -0.509 e. The fraction of sp³-hybridized carbons (Fsp3) is 0.400. The van der Waals surface area contributed by atoms with Gasteiger partial charge in [-0.25, -0.2) is 0 Å². The SMILES string of the molecule is Cc1c[c-]ccc1C1=C(O)C2(CCOCC2)NC1=O.[Y]. The van der Waals surface area contributed by atoms with Crippen molar-refractivity contribution in [1.82, 2.24) is 5.32 Å². The predicted octanol–water partition coefficient (Wildman–Crippen LogP) is 1.74. The molecular formula is C15H16NO3Y-. The van der Waals surface area contributed by atoms with Gasteiger partial charge in [0.15, 0.2) is 0 Å². The number of aryl methyl sites for hydroxylation is 1. The van der Waals surface area contributed by atoms with Crippen LogP contribution in [0.5, 0.6) is 0 Å². The van der Waals surface area contributed by atoms with E-state index in [0.29, 0.717) is 31.6 Å². The average molecular weight is 347 g/mol. The first kappa shape index (κ1) is 15.7. The molecule has 20 heavy (non-hydrogen) atoms. The van der Waals surface area contributed by atoms with E-state index < -0.39 is 5.54 Å². The molecule has 0 atom stereocenters. The molecule has 1 aromatic rings. The molecule has 4 nitrogen and oxygen atoms in total. The standard InChI is InChI=1S/C15H16NO3.Y/c1-10-4-2-3-5-11(10)12-13(17)15(16-14(12)18)6-8-19-9-7-15;/h3-5,17H,6-9H2,1H3,(H,16,18);/q-1;. The Morgan fingerprint density at radius 3 is 2.75 bits per heavy atom. The Kier molecular flexibility index (Phi) is 4.67. The van der Waals surface area contributed by atoms with E-state index in [1.807, 2.05) is 19.1 Å². The van der Waals surface area contributed by atoms with Crippen LogP contribution in [0.2, 0.25) is 0 Å². The van der Waals surface area contributed by atoms with Crippen LogP contribution >= 0.6 is 0 Å². The monoisotopic (exact) mass is 347 g/mol. The van der Waals surface area contributed by atoms with Crippen LogP contribution in [0.4, 0.5) is 0 Å². The van der Waals surface area contributed by atoms with E-state index in [0.717, 1.165) is 11.1 Å². The number of aliphatic hydroxyl groups is 1. The number of hydrogen-bond donors (Lipinski definition) is 2. The first-order valence-electron chi connectivity index (χ1n) is 6.45. The largest absolute Gasteiger partial charge is 0.509 e. The molecule has 1 radical (unpaired) electrons. The van der Waals surface area contributed by atoms with Crippen LogP contribution in [-0.4, -0.2) is 29.8 Å². The quantitative estimate of drug-likeness (QED) is 0.761. The van der Waals surface area contributed by atoms with Crippen LogP contribution in [0.15, 0.2) is 24.0 Å². The Balaban J connectivity index is 0.00000147. The molecule has 5 heteroatoms. The smallest absolute Gasteiger partial charge is 0.254 e. The van der Waals surface area contributed by atoms with E-state index in [1.54, 1.807) is 6.07 Å². The number of benzene rings is 1. The maximum atomic E-state index is 12.2. The number of carbonyl (C=O) groups is 1. The molecule has 1 spiro atoms. The third-order valence-electron chi connectivity index (χ3n) is 3.96. The van der Waals surface area contributed by atoms with Gasteiger partial charge in [0, 0.05) is 58.8 Å². The van der Waals surface area contributed by atoms with Crippen molar-refractivity contribution in [1.29, 1.82) is 0 Å². The second kappa shape index (κ2) is 5.96. The normalized spacial score (nSPS) is 20.8. The zero-order valence-corrected chi connectivity index (χ0v) is 14.2. The number of hydrogen-bond acceptors (Lipinski definition) is 3. The second-order valence-electron chi connectivity index (χ2n) is 5.11. The van der Waals surface area contributed by atoms with Crippen molar-refractivity contribution in [2.45, 2.75) is 25.3 Å². The van der Waals surface area contributed by atoms with Crippen LogP contribution in [0.25, 0.3) is 5.57 Å². The Bertz CT molecular complexity index is 562. The summed E-state index contributed by atoms with van der Waals surface area (Å²) in [7, 11) is 0. The van der Waals surface area contributed by atoms with Crippen molar-refractivity contribution in [2.75, 3.05) is 13.2 Å². The van der Waals surface area contributed by atoms with Gasteiger partial charge in [0.2, 0.25) is 0 Å². The number of ether oxygens (including phenoxy) is 1. The Labute approximate surface area is 143 Å². The summed E-state index contributed by atoms with van der Waals surface area (Å²) >= 11 is 0. The molecule has 0 aromatic heterocycles. The van der Waals surface area contributed by atoms with Gasteiger partial charge < -0.3 is 15.2 Å². The van der Waals surface area contributed by atoms with E-state index >= 15 is 0 Å². The summed E-state index contributed by atoms with van der Waals surface area (Å²) in [5.41, 5.74) is 1.48. The van der Waals surface area contributed by atoms with Gasteiger partial charge >= 0.3 is 0 Å². The van der Waals surface area contributed by atoms with Gasteiger partial charge in [-0.3, -0.25) is 4.79 Å². The summed E-state index contributed by atoms with van der Waals surface area (Å²) in [4.78, 5) is 12.2. The van der Waals surface area contributed by atoms with Gasteiger partial charge in [-0.1, -0.05) is 6.92 Å². The second-order valence-corrected chi connectivity index (χ2v) is 5.11. The molecule has 0 saturated carbocycles. The zero-order valence-electron chi connectivity index (χ0n) is 11.4. The van der Waals surface area contributed by atoms with Crippen LogP contribution in [0.3, 0.4) is 0 Å². The van der Waals surface area contributed by atoms with Crippen molar-refractivity contribution in [2.24, 2.45) is 0 Å². The molecule has 1 fully saturated rings. The van der Waals surface area contributed by atoms with Crippen molar-refractivity contribution in [3.63, 3.8) is 0 Å². The van der Waals surface area contributed by atoms with Gasteiger partial charge in [0.25, 0.3) is 5.91 Å². The molecular weight excluding hydrogens is 331 g/mol. The molecule has 1 saturated heterocycles. The van der Waals surface area contributed by atoms with Gasteiger partial charge in [-0.15, -0.1) is 5.56 Å². The van der Waals surface area contributed by atoms with Crippen molar-refractivity contribution in [3.8, 4) is 0 Å². The first-order chi connectivity index (χ1) is 9.14. The van der Waals surface area contributed by atoms with Gasteiger partial charge in [-0.05, 0) is 0 Å². The Morgan fingerprint density at radius 1 is 1.40 bits per heavy atom.